The maximum absolute atomic E-state index is 13.4. The molecule has 1 amide bonds. The molecule has 4 rings (SSSR count). The van der Waals surface area contributed by atoms with Gasteiger partial charge in [0.2, 0.25) is 5.76 Å². The Morgan fingerprint density at radius 2 is 1.90 bits per heavy atom. The van der Waals surface area contributed by atoms with E-state index in [1.54, 1.807) is 23.1 Å². The third kappa shape index (κ3) is 3.74. The number of ether oxygens (including phenoxy) is 1. The maximum Gasteiger partial charge on any atom is 0.290 e. The Morgan fingerprint density at radius 3 is 2.62 bits per heavy atom. The molecule has 0 unspecified atom stereocenters. The zero-order chi connectivity index (χ0) is 20.5. The van der Waals surface area contributed by atoms with Crippen LogP contribution in [0.2, 0.25) is 0 Å². The molecule has 3 aromatic rings. The van der Waals surface area contributed by atoms with Crippen LogP contribution in [0.1, 0.15) is 48.0 Å². The van der Waals surface area contributed by atoms with Crippen molar-refractivity contribution in [2.75, 3.05) is 13.2 Å². The molecule has 0 fully saturated rings. The third-order valence-corrected chi connectivity index (χ3v) is 5.53. The van der Waals surface area contributed by atoms with Gasteiger partial charge in [-0.3, -0.25) is 9.59 Å². The first kappa shape index (κ1) is 19.9. The average Bonchev–Trinajstić information content (AvgIpc) is 2.99. The van der Waals surface area contributed by atoms with Crippen LogP contribution in [0.3, 0.4) is 0 Å². The highest BCUT2D eigenvalue weighted by molar-refractivity contribution is 9.10. The lowest BCUT2D eigenvalue weighted by Gasteiger charge is -2.25. The molecule has 0 aliphatic carbocycles. The molecule has 0 spiro atoms. The van der Waals surface area contributed by atoms with Crippen LogP contribution in [0.4, 0.5) is 0 Å². The summed E-state index contributed by atoms with van der Waals surface area (Å²) >= 11 is 3.41. The molecule has 2 aromatic carbocycles. The summed E-state index contributed by atoms with van der Waals surface area (Å²) in [7, 11) is 0. The number of hydrogen-bond acceptors (Lipinski definition) is 4. The van der Waals surface area contributed by atoms with E-state index in [9.17, 15) is 9.59 Å². The number of benzene rings is 2. The molecule has 150 valence electrons. The zero-order valence-electron chi connectivity index (χ0n) is 16.4. The normalized spacial score (nSPS) is 16.1. The van der Waals surface area contributed by atoms with Gasteiger partial charge in [-0.1, -0.05) is 46.3 Å². The van der Waals surface area contributed by atoms with E-state index in [0.717, 1.165) is 10.0 Å². The van der Waals surface area contributed by atoms with Gasteiger partial charge in [-0.25, -0.2) is 0 Å². The van der Waals surface area contributed by atoms with Gasteiger partial charge in [-0.05, 0) is 44.0 Å². The molecule has 2 heterocycles. The van der Waals surface area contributed by atoms with Crippen molar-refractivity contribution in [1.29, 1.82) is 0 Å². The first-order valence-electron chi connectivity index (χ1n) is 9.71. The predicted octanol–water partition coefficient (Wildman–Crippen LogP) is 4.92. The van der Waals surface area contributed by atoms with E-state index in [-0.39, 0.29) is 23.2 Å². The van der Waals surface area contributed by atoms with Gasteiger partial charge >= 0.3 is 0 Å². The van der Waals surface area contributed by atoms with Crippen molar-refractivity contribution in [2.45, 2.75) is 32.4 Å². The number of rotatable bonds is 6. The number of carbonyl (C=O) groups is 1. The zero-order valence-corrected chi connectivity index (χ0v) is 17.9. The van der Waals surface area contributed by atoms with Crippen LogP contribution in [-0.2, 0) is 4.74 Å². The Balaban J connectivity index is 1.80. The van der Waals surface area contributed by atoms with E-state index in [1.807, 2.05) is 44.2 Å². The average molecular weight is 456 g/mol. The summed E-state index contributed by atoms with van der Waals surface area (Å²) in [6, 6.07) is 14.4. The van der Waals surface area contributed by atoms with E-state index in [0.29, 0.717) is 36.1 Å². The fourth-order valence-corrected chi connectivity index (χ4v) is 4.12. The number of carbonyl (C=O) groups excluding carboxylic acids is 1. The highest BCUT2D eigenvalue weighted by Crippen LogP contribution is 2.38. The Morgan fingerprint density at radius 1 is 1.14 bits per heavy atom. The molecular weight excluding hydrogens is 434 g/mol. The molecule has 1 aliphatic heterocycles. The van der Waals surface area contributed by atoms with Gasteiger partial charge in [0.15, 0.2) is 5.43 Å². The van der Waals surface area contributed by atoms with E-state index in [4.69, 9.17) is 9.15 Å². The van der Waals surface area contributed by atoms with Gasteiger partial charge in [0.25, 0.3) is 5.91 Å². The lowest BCUT2D eigenvalue weighted by atomic mass is 9.98. The fourth-order valence-electron chi connectivity index (χ4n) is 3.76. The van der Waals surface area contributed by atoms with Crippen molar-refractivity contribution < 1.29 is 13.9 Å². The second kappa shape index (κ2) is 8.13. The van der Waals surface area contributed by atoms with Crippen molar-refractivity contribution >= 4 is 32.8 Å². The van der Waals surface area contributed by atoms with Gasteiger partial charge in [0, 0.05) is 17.6 Å². The number of nitrogens with zero attached hydrogens (tertiary/aromatic N) is 1. The van der Waals surface area contributed by atoms with Crippen LogP contribution in [0.25, 0.3) is 11.0 Å². The summed E-state index contributed by atoms with van der Waals surface area (Å²) in [5, 5.41) is 0.469. The fraction of sp³-hybridized carbons (Fsp3) is 0.304. The summed E-state index contributed by atoms with van der Waals surface area (Å²) in [6.07, 6.45) is 0.818. The molecule has 5 nitrogen and oxygen atoms in total. The summed E-state index contributed by atoms with van der Waals surface area (Å²) in [5.74, 6) is -0.108. The summed E-state index contributed by atoms with van der Waals surface area (Å²) in [4.78, 5) is 28.3. The summed E-state index contributed by atoms with van der Waals surface area (Å²) < 4.78 is 12.4. The van der Waals surface area contributed by atoms with Crippen molar-refractivity contribution in [3.63, 3.8) is 0 Å². The highest BCUT2D eigenvalue weighted by Gasteiger charge is 2.42. The molecule has 29 heavy (non-hydrogen) atoms. The quantitative estimate of drug-likeness (QED) is 0.495. The van der Waals surface area contributed by atoms with E-state index < -0.39 is 6.04 Å². The monoisotopic (exact) mass is 455 g/mol. The molecule has 0 bridgehead atoms. The first-order chi connectivity index (χ1) is 14.0. The molecule has 0 saturated heterocycles. The number of halogens is 1. The van der Waals surface area contributed by atoms with Gasteiger partial charge in [0.1, 0.15) is 5.58 Å². The number of hydrogen-bond donors (Lipinski definition) is 0. The first-order valence-corrected chi connectivity index (χ1v) is 10.5. The second-order valence-electron chi connectivity index (χ2n) is 7.40. The number of fused-ring (bicyclic) bond motifs is 2. The van der Waals surface area contributed by atoms with Crippen LogP contribution < -0.4 is 5.43 Å². The van der Waals surface area contributed by atoms with Crippen LogP contribution in [0.5, 0.6) is 0 Å². The Hall–Kier alpha value is -2.44. The summed E-state index contributed by atoms with van der Waals surface area (Å²) in [6.45, 7) is 5.00. The Kier molecular flexibility index (Phi) is 5.56. The van der Waals surface area contributed by atoms with Crippen LogP contribution in [-0.4, -0.2) is 30.1 Å². The Labute approximate surface area is 177 Å². The molecular formula is C23H22BrNO4. The molecule has 0 N–H and O–H groups in total. The minimum absolute atomic E-state index is 0.137. The molecule has 1 aromatic heterocycles. The lowest BCUT2D eigenvalue weighted by Crippen LogP contribution is -2.31. The van der Waals surface area contributed by atoms with Crippen LogP contribution >= 0.6 is 15.9 Å². The van der Waals surface area contributed by atoms with Crippen molar-refractivity contribution in [1.82, 2.24) is 4.90 Å². The minimum atomic E-state index is -0.461. The molecule has 0 saturated carbocycles. The van der Waals surface area contributed by atoms with Crippen molar-refractivity contribution in [3.8, 4) is 0 Å². The number of amides is 1. The van der Waals surface area contributed by atoms with Gasteiger partial charge in [-0.15, -0.1) is 0 Å². The second-order valence-corrected chi connectivity index (χ2v) is 8.32. The molecule has 1 atom stereocenters. The SMILES string of the molecule is CC(C)OCCCN1C(=O)c2oc3ccc(Br)cc3c(=O)c2[C@H]1c1ccccc1. The molecule has 1 aliphatic rings. The smallest absolute Gasteiger partial charge is 0.290 e. The largest absolute Gasteiger partial charge is 0.450 e. The third-order valence-electron chi connectivity index (χ3n) is 5.04. The van der Waals surface area contributed by atoms with E-state index in [2.05, 4.69) is 15.9 Å². The summed E-state index contributed by atoms with van der Waals surface area (Å²) in [5.41, 5.74) is 1.57. The highest BCUT2D eigenvalue weighted by atomic mass is 79.9. The molecule has 0 radical (unpaired) electrons. The Bertz CT molecular complexity index is 1110. The topological polar surface area (TPSA) is 59.8 Å². The van der Waals surface area contributed by atoms with E-state index in [1.165, 1.54) is 0 Å². The van der Waals surface area contributed by atoms with Crippen LogP contribution in [0.15, 0.2) is 62.2 Å². The maximum atomic E-state index is 13.4. The van der Waals surface area contributed by atoms with Crippen LogP contribution in [0, 0.1) is 0 Å². The predicted molar refractivity (Wildman–Crippen MR) is 115 cm³/mol. The van der Waals surface area contributed by atoms with Crippen molar-refractivity contribution in [2.24, 2.45) is 0 Å². The standard InChI is InChI=1S/C23H22BrNO4/c1-14(2)28-12-6-11-25-20(15-7-4-3-5-8-15)19-21(26)17-13-16(24)9-10-18(17)29-22(19)23(25)27/h3-5,7-10,13-14,20H,6,11-12H2,1-2H3/t20-/m1/s1. The van der Waals surface area contributed by atoms with Gasteiger partial charge < -0.3 is 14.1 Å². The van der Waals surface area contributed by atoms with E-state index >= 15 is 0 Å². The minimum Gasteiger partial charge on any atom is -0.450 e. The lowest BCUT2D eigenvalue weighted by molar-refractivity contribution is 0.0593. The van der Waals surface area contributed by atoms with Gasteiger partial charge in [-0.2, -0.15) is 0 Å². The van der Waals surface area contributed by atoms with Gasteiger partial charge in [0.05, 0.1) is 23.1 Å². The molecule has 6 heteroatoms. The van der Waals surface area contributed by atoms with Crippen molar-refractivity contribution in [3.05, 3.63) is 80.1 Å².